The Morgan fingerprint density at radius 3 is 2.74 bits per heavy atom. The zero-order valence-corrected chi connectivity index (χ0v) is 15.4. The Balaban J connectivity index is 1.60. The maximum absolute atomic E-state index is 12.2. The van der Waals surface area contributed by atoms with E-state index in [1.807, 2.05) is 0 Å². The lowest BCUT2D eigenvalue weighted by Crippen LogP contribution is -2.29. The number of aromatic nitrogens is 1. The third-order valence-corrected chi connectivity index (χ3v) is 4.68. The number of carbonyl (C=O) groups excluding carboxylic acids is 1. The van der Waals surface area contributed by atoms with Crippen LogP contribution in [0.4, 0.5) is 10.8 Å². The SMILES string of the molecule is CCCCOc1ccc(C(=O)NNc2nc3ccc([N+](=O)[O-])cc3s2)cc1. The number of unbranched alkanes of at least 4 members (excludes halogenated alkanes) is 1. The maximum Gasteiger partial charge on any atom is 0.270 e. The lowest BCUT2D eigenvalue weighted by Gasteiger charge is -2.07. The van der Waals surface area contributed by atoms with Crippen molar-refractivity contribution in [2.75, 3.05) is 12.0 Å². The molecule has 0 aliphatic carbocycles. The number of thiazole rings is 1. The van der Waals surface area contributed by atoms with Crippen LogP contribution in [0.5, 0.6) is 5.75 Å². The Morgan fingerprint density at radius 1 is 1.26 bits per heavy atom. The number of amides is 1. The number of ether oxygens (including phenoxy) is 1. The highest BCUT2D eigenvalue weighted by atomic mass is 32.1. The van der Waals surface area contributed by atoms with E-state index in [0.717, 1.165) is 18.6 Å². The molecule has 0 radical (unpaired) electrons. The van der Waals surface area contributed by atoms with Crippen molar-refractivity contribution < 1.29 is 14.5 Å². The van der Waals surface area contributed by atoms with Crippen LogP contribution in [0.2, 0.25) is 0 Å². The first-order chi connectivity index (χ1) is 13.1. The lowest BCUT2D eigenvalue weighted by atomic mass is 10.2. The fraction of sp³-hybridized carbons (Fsp3) is 0.222. The van der Waals surface area contributed by atoms with Crippen molar-refractivity contribution in [1.29, 1.82) is 0 Å². The van der Waals surface area contributed by atoms with Crippen LogP contribution in [0.15, 0.2) is 42.5 Å². The number of anilines is 1. The predicted molar refractivity (Wildman–Crippen MR) is 104 cm³/mol. The summed E-state index contributed by atoms with van der Waals surface area (Å²) in [6, 6.07) is 11.3. The van der Waals surface area contributed by atoms with Crippen molar-refractivity contribution in [3.63, 3.8) is 0 Å². The third kappa shape index (κ3) is 4.70. The summed E-state index contributed by atoms with van der Waals surface area (Å²) < 4.78 is 6.23. The number of nitrogens with one attached hydrogen (secondary N) is 2. The fourth-order valence-corrected chi connectivity index (χ4v) is 3.15. The van der Waals surface area contributed by atoms with E-state index in [1.165, 1.54) is 23.5 Å². The van der Waals surface area contributed by atoms with Crippen molar-refractivity contribution >= 4 is 38.3 Å². The average Bonchev–Trinajstić information content (AvgIpc) is 3.09. The number of rotatable bonds is 8. The smallest absolute Gasteiger partial charge is 0.270 e. The van der Waals surface area contributed by atoms with Gasteiger partial charge in [0.2, 0.25) is 5.13 Å². The number of carbonyl (C=O) groups is 1. The van der Waals surface area contributed by atoms with Gasteiger partial charge in [-0.3, -0.25) is 25.8 Å². The van der Waals surface area contributed by atoms with Gasteiger partial charge in [-0.05, 0) is 36.8 Å². The molecule has 0 bridgehead atoms. The number of nitro benzene ring substituents is 1. The largest absolute Gasteiger partial charge is 0.494 e. The Hall–Kier alpha value is -3.20. The van der Waals surface area contributed by atoms with Crippen molar-refractivity contribution in [2.24, 2.45) is 0 Å². The molecule has 8 nitrogen and oxygen atoms in total. The van der Waals surface area contributed by atoms with Gasteiger partial charge in [0.15, 0.2) is 0 Å². The molecule has 1 aromatic heterocycles. The summed E-state index contributed by atoms with van der Waals surface area (Å²) in [5.74, 6) is 0.404. The molecule has 3 rings (SSSR count). The van der Waals surface area contributed by atoms with Gasteiger partial charge >= 0.3 is 0 Å². The highest BCUT2D eigenvalue weighted by Crippen LogP contribution is 2.28. The number of benzene rings is 2. The summed E-state index contributed by atoms with van der Waals surface area (Å²) in [4.78, 5) is 26.9. The van der Waals surface area contributed by atoms with Gasteiger partial charge in [0, 0.05) is 17.7 Å². The molecule has 0 spiro atoms. The normalized spacial score (nSPS) is 10.6. The molecule has 3 aromatic rings. The van der Waals surface area contributed by atoms with E-state index in [1.54, 1.807) is 30.3 Å². The van der Waals surface area contributed by atoms with E-state index in [9.17, 15) is 14.9 Å². The minimum Gasteiger partial charge on any atom is -0.494 e. The van der Waals surface area contributed by atoms with Gasteiger partial charge in [-0.25, -0.2) is 4.98 Å². The second-order valence-electron chi connectivity index (χ2n) is 5.73. The van der Waals surface area contributed by atoms with Crippen LogP contribution in [-0.4, -0.2) is 22.4 Å². The van der Waals surface area contributed by atoms with E-state index in [0.29, 0.717) is 27.5 Å². The number of nitro groups is 1. The summed E-state index contributed by atoms with van der Waals surface area (Å²) >= 11 is 1.22. The zero-order valence-electron chi connectivity index (χ0n) is 14.6. The van der Waals surface area contributed by atoms with Crippen LogP contribution in [0.25, 0.3) is 10.2 Å². The Kier molecular flexibility index (Phi) is 5.82. The first-order valence-corrected chi connectivity index (χ1v) is 9.22. The van der Waals surface area contributed by atoms with E-state index in [4.69, 9.17) is 4.74 Å². The van der Waals surface area contributed by atoms with Gasteiger partial charge in [0.25, 0.3) is 11.6 Å². The molecule has 0 unspecified atom stereocenters. The third-order valence-electron chi connectivity index (χ3n) is 3.75. The molecule has 0 aliphatic heterocycles. The van der Waals surface area contributed by atoms with E-state index < -0.39 is 4.92 Å². The molecule has 1 heterocycles. The van der Waals surface area contributed by atoms with E-state index in [2.05, 4.69) is 22.8 Å². The molecular weight excluding hydrogens is 368 g/mol. The van der Waals surface area contributed by atoms with Crippen LogP contribution >= 0.6 is 11.3 Å². The van der Waals surface area contributed by atoms with Crippen LogP contribution in [0.3, 0.4) is 0 Å². The topological polar surface area (TPSA) is 106 Å². The molecule has 1 amide bonds. The summed E-state index contributed by atoms with van der Waals surface area (Å²) in [5.41, 5.74) is 6.41. The standard InChI is InChI=1S/C18H18N4O4S/c1-2-3-10-26-14-7-4-12(5-8-14)17(23)20-21-18-19-15-9-6-13(22(24)25)11-16(15)27-18/h4-9,11H,2-3,10H2,1H3,(H,19,21)(H,20,23). The van der Waals surface area contributed by atoms with Crippen LogP contribution < -0.4 is 15.6 Å². The van der Waals surface area contributed by atoms with Crippen molar-refractivity contribution in [1.82, 2.24) is 10.4 Å². The molecule has 2 aromatic carbocycles. The number of hydrazine groups is 1. The number of hydrogen-bond donors (Lipinski definition) is 2. The van der Waals surface area contributed by atoms with E-state index >= 15 is 0 Å². The lowest BCUT2D eigenvalue weighted by molar-refractivity contribution is -0.384. The molecule has 0 fully saturated rings. The highest BCUT2D eigenvalue weighted by molar-refractivity contribution is 7.22. The number of non-ortho nitro benzene ring substituents is 1. The number of hydrogen-bond acceptors (Lipinski definition) is 7. The molecule has 0 atom stereocenters. The monoisotopic (exact) mass is 386 g/mol. The minimum atomic E-state index is -0.455. The van der Waals surface area contributed by atoms with Gasteiger partial charge in [0.05, 0.1) is 21.7 Å². The average molecular weight is 386 g/mol. The summed E-state index contributed by atoms with van der Waals surface area (Å²) in [6.45, 7) is 2.75. The first kappa shape index (κ1) is 18.6. The molecule has 0 saturated carbocycles. The quantitative estimate of drug-likeness (QED) is 0.342. The Bertz CT molecular complexity index is 956. The Morgan fingerprint density at radius 2 is 2.04 bits per heavy atom. The minimum absolute atomic E-state index is 0.00276. The molecular formula is C18H18N4O4S. The first-order valence-electron chi connectivity index (χ1n) is 8.41. The van der Waals surface area contributed by atoms with Gasteiger partial charge in [0.1, 0.15) is 5.75 Å². The molecule has 0 aliphatic rings. The molecule has 27 heavy (non-hydrogen) atoms. The Labute approximate surface area is 159 Å². The number of fused-ring (bicyclic) bond motifs is 1. The molecule has 2 N–H and O–H groups in total. The highest BCUT2D eigenvalue weighted by Gasteiger charge is 2.11. The van der Waals surface area contributed by atoms with Crippen LogP contribution in [0, 0.1) is 10.1 Å². The summed E-state index contributed by atoms with van der Waals surface area (Å²) in [7, 11) is 0. The zero-order chi connectivity index (χ0) is 19.2. The molecule has 9 heteroatoms. The maximum atomic E-state index is 12.2. The van der Waals surface area contributed by atoms with Crippen molar-refractivity contribution in [3.8, 4) is 5.75 Å². The molecule has 0 saturated heterocycles. The molecule has 140 valence electrons. The van der Waals surface area contributed by atoms with Crippen molar-refractivity contribution in [2.45, 2.75) is 19.8 Å². The van der Waals surface area contributed by atoms with Gasteiger partial charge < -0.3 is 4.74 Å². The van der Waals surface area contributed by atoms with Gasteiger partial charge in [-0.15, -0.1) is 0 Å². The predicted octanol–water partition coefficient (Wildman–Crippen LogP) is 4.14. The van der Waals surface area contributed by atoms with Crippen LogP contribution in [-0.2, 0) is 0 Å². The van der Waals surface area contributed by atoms with Crippen molar-refractivity contribution in [3.05, 3.63) is 58.1 Å². The fourth-order valence-electron chi connectivity index (χ4n) is 2.30. The number of nitrogens with zero attached hydrogens (tertiary/aromatic N) is 2. The second-order valence-corrected chi connectivity index (χ2v) is 6.76. The van der Waals surface area contributed by atoms with Gasteiger partial charge in [-0.1, -0.05) is 24.7 Å². The summed E-state index contributed by atoms with van der Waals surface area (Å²) in [5, 5.41) is 11.3. The second kappa shape index (κ2) is 8.45. The van der Waals surface area contributed by atoms with Crippen LogP contribution in [0.1, 0.15) is 30.1 Å². The summed E-state index contributed by atoms with van der Waals surface area (Å²) in [6.07, 6.45) is 2.04. The van der Waals surface area contributed by atoms with Gasteiger partial charge in [-0.2, -0.15) is 0 Å². The van der Waals surface area contributed by atoms with E-state index in [-0.39, 0.29) is 11.6 Å².